The minimum Gasteiger partial charge on any atom is -0.310 e. The van der Waals surface area contributed by atoms with Gasteiger partial charge in [-0.05, 0) is 130 Å². The van der Waals surface area contributed by atoms with E-state index in [2.05, 4.69) is 139 Å². The maximum atomic E-state index is 2.64. The van der Waals surface area contributed by atoms with E-state index >= 15 is 0 Å². The first-order chi connectivity index (χ1) is 25.2. The van der Waals surface area contributed by atoms with Gasteiger partial charge in [-0.2, -0.15) is 0 Å². The number of nitrogens with zero attached hydrogens (tertiary/aromatic N) is 1. The molecule has 0 heterocycles. The average molecular weight is 662 g/mol. The van der Waals surface area contributed by atoms with Crippen LogP contribution in [0.15, 0.2) is 127 Å². The maximum absolute atomic E-state index is 2.64. The highest BCUT2D eigenvalue weighted by molar-refractivity contribution is 5.98. The Morgan fingerprint density at radius 3 is 2.14 bits per heavy atom. The summed E-state index contributed by atoms with van der Waals surface area (Å²) in [7, 11) is 0. The van der Waals surface area contributed by atoms with Gasteiger partial charge in [0.2, 0.25) is 0 Å². The van der Waals surface area contributed by atoms with Crippen molar-refractivity contribution in [3.05, 3.63) is 150 Å². The van der Waals surface area contributed by atoms with Crippen LogP contribution in [-0.2, 0) is 10.8 Å². The Kier molecular flexibility index (Phi) is 6.59. The van der Waals surface area contributed by atoms with E-state index in [4.69, 9.17) is 0 Å². The molecule has 11 rings (SSSR count). The minimum absolute atomic E-state index is 0.0934. The molecule has 6 aromatic carbocycles. The van der Waals surface area contributed by atoms with Crippen LogP contribution in [0.1, 0.15) is 93.4 Å². The van der Waals surface area contributed by atoms with Gasteiger partial charge in [0.1, 0.15) is 0 Å². The van der Waals surface area contributed by atoms with Gasteiger partial charge in [-0.1, -0.05) is 136 Å². The Labute approximate surface area is 303 Å². The second-order valence-corrected chi connectivity index (χ2v) is 16.6. The summed E-state index contributed by atoms with van der Waals surface area (Å²) in [5.74, 6) is 2.28. The van der Waals surface area contributed by atoms with Crippen molar-refractivity contribution in [1.29, 1.82) is 0 Å². The third kappa shape index (κ3) is 4.04. The van der Waals surface area contributed by atoms with Crippen molar-refractivity contribution in [2.75, 3.05) is 4.90 Å². The highest BCUT2D eigenvalue weighted by atomic mass is 15.1. The summed E-state index contributed by atoms with van der Waals surface area (Å²) in [5.41, 5.74) is 16.2. The van der Waals surface area contributed by atoms with Crippen LogP contribution in [0.25, 0.3) is 33.0 Å². The third-order valence-corrected chi connectivity index (χ3v) is 14.5. The molecule has 4 atom stereocenters. The van der Waals surface area contributed by atoms with Crippen LogP contribution in [-0.4, -0.2) is 0 Å². The Bertz CT molecular complexity index is 2340. The molecule has 0 amide bonds. The lowest BCUT2D eigenvalue weighted by molar-refractivity contribution is 0.0557. The van der Waals surface area contributed by atoms with Gasteiger partial charge in [0, 0.05) is 27.8 Å². The van der Waals surface area contributed by atoms with E-state index in [0.29, 0.717) is 11.8 Å². The molecule has 6 aromatic rings. The van der Waals surface area contributed by atoms with Crippen molar-refractivity contribution in [3.63, 3.8) is 0 Å². The van der Waals surface area contributed by atoms with Crippen molar-refractivity contribution in [3.8, 4) is 22.3 Å². The standard InChI is InChI=1S/C50H47N/c1-2-36-29-33-13-11-16-37(30-33)50(36)44-20-8-6-18-42(44)48-45(50)21-12-22-47(48)51(38-24-23-34-14-3-4-15-35(34)31-38)39-25-26-41-40-17-5-7-19-43(40)49(46(41)32-39)27-9-10-28-49/h3-8,12,14-15,17-26,31-33,36-37H,2,9-11,13,16,27-30H2,1H3. The summed E-state index contributed by atoms with van der Waals surface area (Å²) in [5, 5.41) is 2.58. The van der Waals surface area contributed by atoms with Crippen LogP contribution >= 0.6 is 0 Å². The quantitative estimate of drug-likeness (QED) is 0.182. The first-order valence-electron chi connectivity index (χ1n) is 20.0. The van der Waals surface area contributed by atoms with E-state index in [9.17, 15) is 0 Å². The summed E-state index contributed by atoms with van der Waals surface area (Å²) in [6.07, 6.45) is 13.3. The summed E-state index contributed by atoms with van der Waals surface area (Å²) in [4.78, 5) is 2.64. The Balaban J connectivity index is 1.18. The van der Waals surface area contributed by atoms with Gasteiger partial charge < -0.3 is 4.90 Å². The normalized spacial score (nSPS) is 24.8. The molecule has 3 saturated carbocycles. The largest absolute Gasteiger partial charge is 0.310 e. The van der Waals surface area contributed by atoms with Crippen molar-refractivity contribution in [1.82, 2.24) is 0 Å². The molecule has 0 aromatic heterocycles. The zero-order valence-electron chi connectivity index (χ0n) is 29.9. The fraction of sp³-hybridized carbons (Fsp3) is 0.320. The van der Waals surface area contributed by atoms with Gasteiger partial charge in [-0.3, -0.25) is 0 Å². The lowest BCUT2D eigenvalue weighted by Crippen LogP contribution is -2.48. The van der Waals surface area contributed by atoms with Gasteiger partial charge >= 0.3 is 0 Å². The summed E-state index contributed by atoms with van der Waals surface area (Å²) >= 11 is 0. The van der Waals surface area contributed by atoms with Crippen LogP contribution in [0.5, 0.6) is 0 Å². The molecule has 0 saturated heterocycles. The molecule has 0 radical (unpaired) electrons. The fourth-order valence-electron chi connectivity index (χ4n) is 12.6. The summed E-state index contributed by atoms with van der Waals surface area (Å²) in [6.45, 7) is 2.47. The van der Waals surface area contributed by atoms with Gasteiger partial charge in [-0.15, -0.1) is 0 Å². The summed E-state index contributed by atoms with van der Waals surface area (Å²) in [6, 6.07) is 49.7. The van der Waals surface area contributed by atoms with E-state index < -0.39 is 0 Å². The molecule has 5 aliphatic carbocycles. The van der Waals surface area contributed by atoms with Crippen molar-refractivity contribution < 1.29 is 0 Å². The summed E-state index contributed by atoms with van der Waals surface area (Å²) < 4.78 is 0. The van der Waals surface area contributed by atoms with Crippen molar-refractivity contribution in [2.45, 2.75) is 82.0 Å². The number of rotatable bonds is 4. The molecule has 0 N–H and O–H groups in total. The first kappa shape index (κ1) is 30.0. The van der Waals surface area contributed by atoms with Crippen molar-refractivity contribution in [2.24, 2.45) is 17.8 Å². The second-order valence-electron chi connectivity index (χ2n) is 16.6. The Morgan fingerprint density at radius 1 is 0.569 bits per heavy atom. The number of hydrogen-bond acceptors (Lipinski definition) is 1. The predicted molar refractivity (Wildman–Crippen MR) is 213 cm³/mol. The van der Waals surface area contributed by atoms with E-state index in [0.717, 1.165) is 5.92 Å². The van der Waals surface area contributed by atoms with Crippen LogP contribution in [0, 0.1) is 17.8 Å². The second kappa shape index (κ2) is 11.2. The third-order valence-electron chi connectivity index (χ3n) is 14.5. The molecule has 0 aliphatic heterocycles. The fourth-order valence-corrected chi connectivity index (χ4v) is 12.6. The molecule has 2 bridgehead atoms. The van der Waals surface area contributed by atoms with Gasteiger partial charge in [0.25, 0.3) is 0 Å². The number of hydrogen-bond donors (Lipinski definition) is 0. The molecule has 2 spiro atoms. The van der Waals surface area contributed by atoms with Gasteiger partial charge in [-0.25, -0.2) is 0 Å². The van der Waals surface area contributed by atoms with Crippen molar-refractivity contribution >= 4 is 27.8 Å². The topological polar surface area (TPSA) is 3.24 Å². The molecule has 3 fully saturated rings. The minimum atomic E-state index is 0.0934. The maximum Gasteiger partial charge on any atom is 0.0543 e. The highest BCUT2D eigenvalue weighted by Crippen LogP contribution is 2.66. The first-order valence-corrected chi connectivity index (χ1v) is 20.0. The zero-order valence-corrected chi connectivity index (χ0v) is 29.9. The number of anilines is 3. The van der Waals surface area contributed by atoms with Crippen LogP contribution in [0.4, 0.5) is 17.1 Å². The lowest BCUT2D eigenvalue weighted by atomic mass is 9.50. The average Bonchev–Trinajstić information content (AvgIpc) is 3.87. The van der Waals surface area contributed by atoms with E-state index in [1.165, 1.54) is 114 Å². The molecular weight excluding hydrogens is 615 g/mol. The zero-order chi connectivity index (χ0) is 33.7. The number of fused-ring (bicyclic) bond motifs is 14. The molecule has 4 unspecified atom stereocenters. The highest BCUT2D eigenvalue weighted by Gasteiger charge is 2.57. The molecule has 1 heteroatoms. The molecule has 5 aliphatic rings. The molecule has 252 valence electrons. The van der Waals surface area contributed by atoms with E-state index in [1.807, 2.05) is 0 Å². The predicted octanol–water partition coefficient (Wildman–Crippen LogP) is 13.7. The van der Waals surface area contributed by atoms with E-state index in [1.54, 1.807) is 22.3 Å². The Morgan fingerprint density at radius 2 is 1.27 bits per heavy atom. The SMILES string of the molecule is CCC1CC2CCCC(C2)C12c1ccccc1-c1c(N(c3ccc4c(c3)C3(CCCC3)c3ccccc3-4)c3ccc4ccccc4c3)cccc12. The lowest BCUT2D eigenvalue weighted by Gasteiger charge is -2.54. The Hall–Kier alpha value is -4.62. The van der Waals surface area contributed by atoms with Crippen LogP contribution in [0.2, 0.25) is 0 Å². The van der Waals surface area contributed by atoms with Gasteiger partial charge in [0.15, 0.2) is 0 Å². The van der Waals surface area contributed by atoms with Crippen LogP contribution in [0.3, 0.4) is 0 Å². The molecule has 1 nitrogen and oxygen atoms in total. The van der Waals surface area contributed by atoms with Gasteiger partial charge in [0.05, 0.1) is 5.69 Å². The monoisotopic (exact) mass is 661 g/mol. The smallest absolute Gasteiger partial charge is 0.0543 e. The molecular formula is C50H47N. The van der Waals surface area contributed by atoms with E-state index in [-0.39, 0.29) is 10.8 Å². The molecule has 51 heavy (non-hydrogen) atoms. The number of benzene rings is 6. The van der Waals surface area contributed by atoms with Crippen LogP contribution < -0.4 is 4.90 Å².